The number of benzene rings is 1. The van der Waals surface area contributed by atoms with Gasteiger partial charge in [0, 0.05) is 18.9 Å². The van der Waals surface area contributed by atoms with Crippen molar-refractivity contribution in [1.82, 2.24) is 4.98 Å². The van der Waals surface area contributed by atoms with Crippen LogP contribution in [0, 0.1) is 0 Å². The lowest BCUT2D eigenvalue weighted by Crippen LogP contribution is -2.31. The number of rotatable bonds is 2. The fourth-order valence-electron chi connectivity index (χ4n) is 2.33. The first-order valence-corrected chi connectivity index (χ1v) is 7.34. The number of aryl methyl sites for hydroxylation is 1. The molecule has 0 spiro atoms. The van der Waals surface area contributed by atoms with Crippen LogP contribution in [0.2, 0.25) is 0 Å². The third-order valence-electron chi connectivity index (χ3n) is 3.20. The highest BCUT2D eigenvalue weighted by molar-refractivity contribution is 7.86. The van der Waals surface area contributed by atoms with E-state index >= 15 is 0 Å². The number of nitrogens with zero attached hydrogens (tertiary/aromatic N) is 2. The number of hydrogen-bond acceptors (Lipinski definition) is 3. The quantitative estimate of drug-likeness (QED) is 0.912. The summed E-state index contributed by atoms with van der Waals surface area (Å²) in [6.45, 7) is 0.790. The summed E-state index contributed by atoms with van der Waals surface area (Å²) in [4.78, 5) is 4.66. The summed E-state index contributed by atoms with van der Waals surface area (Å²) in [7, 11) is -1.25. The molecule has 0 bridgehead atoms. The Labute approximate surface area is 114 Å². The minimum absolute atomic E-state index is 0.538. The standard InChI is InChI=1S/C14H15N3OS/c15-12-8-13(10-16-9-12)19(18)17-7-3-5-11-4-1-2-6-14(11)17/h1-2,4,6,8-10H,3,5,7,15H2. The Morgan fingerprint density at radius 3 is 2.95 bits per heavy atom. The summed E-state index contributed by atoms with van der Waals surface area (Å²) in [6.07, 6.45) is 5.23. The normalized spacial score (nSPS) is 15.9. The van der Waals surface area contributed by atoms with Crippen molar-refractivity contribution >= 4 is 22.4 Å². The molecule has 19 heavy (non-hydrogen) atoms. The summed E-state index contributed by atoms with van der Waals surface area (Å²) in [5.74, 6) is 0. The second-order valence-electron chi connectivity index (χ2n) is 4.54. The maximum atomic E-state index is 12.7. The van der Waals surface area contributed by atoms with Crippen LogP contribution in [0.15, 0.2) is 47.6 Å². The van der Waals surface area contributed by atoms with E-state index in [0.29, 0.717) is 10.6 Å². The molecule has 1 unspecified atom stereocenters. The van der Waals surface area contributed by atoms with Crippen molar-refractivity contribution in [3.63, 3.8) is 0 Å². The second-order valence-corrected chi connectivity index (χ2v) is 5.95. The molecule has 0 saturated carbocycles. The number of aromatic nitrogens is 1. The van der Waals surface area contributed by atoms with E-state index in [9.17, 15) is 4.21 Å². The Morgan fingerprint density at radius 2 is 2.11 bits per heavy atom. The zero-order valence-electron chi connectivity index (χ0n) is 10.5. The van der Waals surface area contributed by atoms with E-state index in [2.05, 4.69) is 11.1 Å². The van der Waals surface area contributed by atoms with E-state index in [4.69, 9.17) is 5.73 Å². The van der Waals surface area contributed by atoms with Crippen molar-refractivity contribution in [2.24, 2.45) is 0 Å². The summed E-state index contributed by atoms with van der Waals surface area (Å²) >= 11 is 0. The third-order valence-corrected chi connectivity index (χ3v) is 4.61. The first-order valence-electron chi connectivity index (χ1n) is 6.23. The SMILES string of the molecule is Nc1cncc(S(=O)N2CCCc3ccccc32)c1. The molecule has 2 heterocycles. The van der Waals surface area contributed by atoms with Gasteiger partial charge in [-0.1, -0.05) is 18.2 Å². The van der Waals surface area contributed by atoms with Gasteiger partial charge in [-0.3, -0.25) is 9.29 Å². The minimum Gasteiger partial charge on any atom is -0.397 e. The number of nitrogen functional groups attached to an aromatic ring is 1. The van der Waals surface area contributed by atoms with Gasteiger partial charge in [-0.15, -0.1) is 0 Å². The molecule has 1 atom stereocenters. The highest BCUT2D eigenvalue weighted by Crippen LogP contribution is 2.29. The molecule has 1 aromatic carbocycles. The maximum absolute atomic E-state index is 12.7. The maximum Gasteiger partial charge on any atom is 0.154 e. The molecule has 0 amide bonds. The smallest absolute Gasteiger partial charge is 0.154 e. The Kier molecular flexibility index (Phi) is 3.21. The molecule has 98 valence electrons. The van der Waals surface area contributed by atoms with Gasteiger partial charge in [-0.25, -0.2) is 4.21 Å². The first kappa shape index (κ1) is 12.2. The van der Waals surface area contributed by atoms with Crippen LogP contribution in [0.3, 0.4) is 0 Å². The molecule has 5 heteroatoms. The monoisotopic (exact) mass is 273 g/mol. The predicted octanol–water partition coefficient (Wildman–Crippen LogP) is 2.14. The van der Waals surface area contributed by atoms with Gasteiger partial charge in [0.15, 0.2) is 11.0 Å². The Balaban J connectivity index is 1.98. The lowest BCUT2D eigenvalue weighted by molar-refractivity contribution is 0.672. The van der Waals surface area contributed by atoms with Crippen LogP contribution in [0.5, 0.6) is 0 Å². The van der Waals surface area contributed by atoms with E-state index in [1.807, 2.05) is 22.5 Å². The molecular weight excluding hydrogens is 258 g/mol. The number of para-hydroxylation sites is 1. The fraction of sp³-hybridized carbons (Fsp3) is 0.214. The number of anilines is 2. The lowest BCUT2D eigenvalue weighted by Gasteiger charge is -2.29. The summed E-state index contributed by atoms with van der Waals surface area (Å²) in [5.41, 5.74) is 8.54. The van der Waals surface area contributed by atoms with Gasteiger partial charge in [-0.2, -0.15) is 0 Å². The topological polar surface area (TPSA) is 59.2 Å². The average molecular weight is 273 g/mol. The Hall–Kier alpha value is -1.88. The molecule has 2 N–H and O–H groups in total. The number of pyridine rings is 1. The number of fused-ring (bicyclic) bond motifs is 1. The van der Waals surface area contributed by atoms with Crippen LogP contribution in [-0.4, -0.2) is 15.7 Å². The van der Waals surface area contributed by atoms with Crippen LogP contribution < -0.4 is 10.0 Å². The van der Waals surface area contributed by atoms with Crippen molar-refractivity contribution in [1.29, 1.82) is 0 Å². The van der Waals surface area contributed by atoms with Crippen molar-refractivity contribution < 1.29 is 4.21 Å². The van der Waals surface area contributed by atoms with Crippen molar-refractivity contribution in [2.45, 2.75) is 17.7 Å². The van der Waals surface area contributed by atoms with E-state index in [1.54, 1.807) is 18.5 Å². The summed E-state index contributed by atoms with van der Waals surface area (Å²) in [6, 6.07) is 9.84. The zero-order chi connectivity index (χ0) is 13.2. The molecular formula is C14H15N3OS. The van der Waals surface area contributed by atoms with Crippen LogP contribution in [-0.2, 0) is 17.4 Å². The van der Waals surface area contributed by atoms with Crippen LogP contribution in [0.25, 0.3) is 0 Å². The molecule has 0 fully saturated rings. The summed E-state index contributed by atoms with van der Waals surface area (Å²) in [5, 5.41) is 0. The molecule has 0 radical (unpaired) electrons. The zero-order valence-corrected chi connectivity index (χ0v) is 11.3. The molecule has 1 aromatic heterocycles. The minimum atomic E-state index is -1.25. The van der Waals surface area contributed by atoms with E-state index in [-0.39, 0.29) is 0 Å². The fourth-order valence-corrected chi connectivity index (χ4v) is 3.62. The molecule has 3 rings (SSSR count). The third kappa shape index (κ3) is 2.33. The van der Waals surface area contributed by atoms with Gasteiger partial charge in [0.2, 0.25) is 0 Å². The van der Waals surface area contributed by atoms with Crippen LogP contribution >= 0.6 is 0 Å². The van der Waals surface area contributed by atoms with E-state index < -0.39 is 11.0 Å². The highest BCUT2D eigenvalue weighted by atomic mass is 32.2. The lowest BCUT2D eigenvalue weighted by atomic mass is 10.0. The molecule has 0 saturated heterocycles. The van der Waals surface area contributed by atoms with Gasteiger partial charge in [0.1, 0.15) is 0 Å². The molecule has 1 aliphatic heterocycles. The number of hydrogen-bond donors (Lipinski definition) is 1. The Morgan fingerprint density at radius 1 is 1.26 bits per heavy atom. The van der Waals surface area contributed by atoms with Crippen LogP contribution in [0.4, 0.5) is 11.4 Å². The van der Waals surface area contributed by atoms with Crippen molar-refractivity contribution in [3.05, 3.63) is 48.3 Å². The molecule has 0 aliphatic carbocycles. The molecule has 1 aliphatic rings. The van der Waals surface area contributed by atoms with Gasteiger partial charge in [0.05, 0.1) is 16.3 Å². The van der Waals surface area contributed by atoms with Gasteiger partial charge in [0.25, 0.3) is 0 Å². The summed E-state index contributed by atoms with van der Waals surface area (Å²) < 4.78 is 14.6. The molecule has 4 nitrogen and oxygen atoms in total. The van der Waals surface area contributed by atoms with E-state index in [0.717, 1.165) is 25.1 Å². The molecule has 2 aromatic rings. The van der Waals surface area contributed by atoms with Crippen molar-refractivity contribution in [2.75, 3.05) is 16.6 Å². The van der Waals surface area contributed by atoms with Gasteiger partial charge >= 0.3 is 0 Å². The Bertz CT molecular complexity index is 630. The van der Waals surface area contributed by atoms with E-state index in [1.165, 1.54) is 5.56 Å². The first-order chi connectivity index (χ1) is 9.25. The average Bonchev–Trinajstić information content (AvgIpc) is 2.46. The van der Waals surface area contributed by atoms with Gasteiger partial charge < -0.3 is 5.73 Å². The number of nitrogens with two attached hydrogens (primary N) is 1. The largest absolute Gasteiger partial charge is 0.397 e. The predicted molar refractivity (Wildman–Crippen MR) is 77.2 cm³/mol. The van der Waals surface area contributed by atoms with Gasteiger partial charge in [-0.05, 0) is 30.5 Å². The highest BCUT2D eigenvalue weighted by Gasteiger charge is 2.22. The second kappa shape index (κ2) is 5.01. The van der Waals surface area contributed by atoms with Crippen molar-refractivity contribution in [3.8, 4) is 0 Å². The van der Waals surface area contributed by atoms with Crippen LogP contribution in [0.1, 0.15) is 12.0 Å².